The van der Waals surface area contributed by atoms with Crippen LogP contribution in [-0.2, 0) is 17.8 Å². The molecule has 5 nitrogen and oxygen atoms in total. The van der Waals surface area contributed by atoms with Crippen LogP contribution in [0, 0.1) is 6.92 Å². The predicted octanol–water partition coefficient (Wildman–Crippen LogP) is 3.73. The molecule has 1 unspecified atom stereocenters. The Balaban J connectivity index is 1.47. The lowest BCUT2D eigenvalue weighted by atomic mass is 9.98. The van der Waals surface area contributed by atoms with Gasteiger partial charge in [-0.1, -0.05) is 17.7 Å². The zero-order chi connectivity index (χ0) is 18.3. The number of fused-ring (bicyclic) bond motifs is 2. The highest BCUT2D eigenvalue weighted by molar-refractivity contribution is 6.32. The summed E-state index contributed by atoms with van der Waals surface area (Å²) >= 11 is 6.21. The lowest BCUT2D eigenvalue weighted by Crippen LogP contribution is -2.43. The fourth-order valence-electron chi connectivity index (χ4n) is 3.33. The van der Waals surface area contributed by atoms with E-state index >= 15 is 0 Å². The lowest BCUT2D eigenvalue weighted by Gasteiger charge is -2.31. The van der Waals surface area contributed by atoms with Crippen LogP contribution in [0.3, 0.4) is 0 Å². The molecular formula is C20H20ClNO4. The van der Waals surface area contributed by atoms with Crippen LogP contribution in [0.1, 0.15) is 23.6 Å². The largest absolute Gasteiger partial charge is 0.479 e. The highest BCUT2D eigenvalue weighted by Gasteiger charge is 2.28. The van der Waals surface area contributed by atoms with E-state index in [2.05, 4.69) is 0 Å². The van der Waals surface area contributed by atoms with Gasteiger partial charge in [-0.2, -0.15) is 0 Å². The van der Waals surface area contributed by atoms with Crippen molar-refractivity contribution in [2.45, 2.75) is 32.9 Å². The van der Waals surface area contributed by atoms with Gasteiger partial charge in [-0.25, -0.2) is 0 Å². The summed E-state index contributed by atoms with van der Waals surface area (Å²) in [7, 11) is 0. The Morgan fingerprint density at radius 3 is 2.65 bits per heavy atom. The first-order valence-electron chi connectivity index (χ1n) is 8.64. The predicted molar refractivity (Wildman–Crippen MR) is 98.0 cm³/mol. The minimum atomic E-state index is -0.606. The van der Waals surface area contributed by atoms with Crippen molar-refractivity contribution in [1.29, 1.82) is 0 Å². The van der Waals surface area contributed by atoms with Crippen molar-refractivity contribution >= 4 is 17.5 Å². The summed E-state index contributed by atoms with van der Waals surface area (Å²) in [5, 5.41) is 0.515. The quantitative estimate of drug-likeness (QED) is 0.822. The average Bonchev–Trinajstić information content (AvgIpc) is 3.08. The van der Waals surface area contributed by atoms with E-state index in [-0.39, 0.29) is 12.7 Å². The van der Waals surface area contributed by atoms with E-state index in [4.69, 9.17) is 25.8 Å². The fourth-order valence-corrected chi connectivity index (χ4v) is 3.61. The molecule has 0 spiro atoms. The number of rotatable bonds is 3. The first kappa shape index (κ1) is 17.0. The van der Waals surface area contributed by atoms with Gasteiger partial charge in [0.2, 0.25) is 6.79 Å². The van der Waals surface area contributed by atoms with Crippen molar-refractivity contribution < 1.29 is 19.0 Å². The molecular weight excluding hydrogens is 354 g/mol. The number of carbonyl (C=O) groups is 1. The number of aryl methyl sites for hydroxylation is 1. The molecule has 2 heterocycles. The molecule has 0 N–H and O–H groups in total. The molecule has 0 saturated carbocycles. The van der Waals surface area contributed by atoms with E-state index in [0.29, 0.717) is 23.9 Å². The van der Waals surface area contributed by atoms with Crippen molar-refractivity contribution in [2.75, 3.05) is 13.3 Å². The zero-order valence-corrected chi connectivity index (χ0v) is 15.5. The van der Waals surface area contributed by atoms with Crippen LogP contribution in [-0.4, -0.2) is 30.2 Å². The number of nitrogens with zero attached hydrogens (tertiary/aromatic N) is 1. The Morgan fingerprint density at radius 2 is 1.92 bits per heavy atom. The van der Waals surface area contributed by atoms with Crippen LogP contribution < -0.4 is 14.2 Å². The van der Waals surface area contributed by atoms with E-state index < -0.39 is 6.10 Å². The molecule has 2 aromatic rings. The third-order valence-corrected chi connectivity index (χ3v) is 5.05. The van der Waals surface area contributed by atoms with E-state index in [9.17, 15) is 4.79 Å². The van der Waals surface area contributed by atoms with Crippen molar-refractivity contribution in [2.24, 2.45) is 0 Å². The number of benzene rings is 2. The van der Waals surface area contributed by atoms with Gasteiger partial charge in [0, 0.05) is 13.1 Å². The van der Waals surface area contributed by atoms with Crippen molar-refractivity contribution in [3.8, 4) is 17.2 Å². The van der Waals surface area contributed by atoms with Crippen LogP contribution in [0.4, 0.5) is 0 Å². The Morgan fingerprint density at radius 1 is 1.19 bits per heavy atom. The molecule has 0 bridgehead atoms. The summed E-state index contributed by atoms with van der Waals surface area (Å²) in [5.41, 5.74) is 3.34. The zero-order valence-electron chi connectivity index (χ0n) is 14.8. The second-order valence-corrected chi connectivity index (χ2v) is 7.09. The maximum absolute atomic E-state index is 12.8. The molecule has 0 fully saturated rings. The number of hydrogen-bond acceptors (Lipinski definition) is 4. The summed E-state index contributed by atoms with van der Waals surface area (Å²) < 4.78 is 16.7. The van der Waals surface area contributed by atoms with Crippen LogP contribution in [0.25, 0.3) is 0 Å². The fraction of sp³-hybridized carbons (Fsp3) is 0.350. The topological polar surface area (TPSA) is 48.0 Å². The third kappa shape index (κ3) is 3.19. The van der Waals surface area contributed by atoms with Gasteiger partial charge in [-0.3, -0.25) is 4.79 Å². The lowest BCUT2D eigenvalue weighted by molar-refractivity contribution is -0.138. The van der Waals surface area contributed by atoms with Gasteiger partial charge in [0.1, 0.15) is 5.75 Å². The molecule has 1 atom stereocenters. The molecule has 2 aromatic carbocycles. The van der Waals surface area contributed by atoms with Gasteiger partial charge >= 0.3 is 0 Å². The maximum atomic E-state index is 12.8. The number of hydrogen-bond donors (Lipinski definition) is 0. The van der Waals surface area contributed by atoms with Crippen molar-refractivity contribution in [3.05, 3.63) is 52.0 Å². The molecule has 6 heteroatoms. The van der Waals surface area contributed by atoms with E-state index in [1.54, 1.807) is 13.0 Å². The van der Waals surface area contributed by atoms with E-state index in [0.717, 1.165) is 29.0 Å². The Hall–Kier alpha value is -2.40. The van der Waals surface area contributed by atoms with Crippen LogP contribution >= 0.6 is 11.6 Å². The van der Waals surface area contributed by atoms with Gasteiger partial charge in [-0.15, -0.1) is 0 Å². The molecule has 0 radical (unpaired) electrons. The van der Waals surface area contributed by atoms with Crippen molar-refractivity contribution in [3.63, 3.8) is 0 Å². The molecule has 26 heavy (non-hydrogen) atoms. The van der Waals surface area contributed by atoms with E-state index in [1.807, 2.05) is 36.1 Å². The van der Waals surface area contributed by atoms with Crippen molar-refractivity contribution in [1.82, 2.24) is 4.90 Å². The average molecular weight is 374 g/mol. The summed E-state index contributed by atoms with van der Waals surface area (Å²) in [6, 6.07) is 9.53. The highest BCUT2D eigenvalue weighted by atomic mass is 35.5. The Labute approximate surface area is 157 Å². The first-order chi connectivity index (χ1) is 12.5. The van der Waals surface area contributed by atoms with Gasteiger partial charge in [0.25, 0.3) is 5.91 Å². The summed E-state index contributed by atoms with van der Waals surface area (Å²) in [5.74, 6) is 2.01. The molecule has 2 aliphatic rings. The molecule has 136 valence electrons. The first-order valence-corrected chi connectivity index (χ1v) is 9.02. The molecule has 2 aliphatic heterocycles. The monoisotopic (exact) mass is 373 g/mol. The number of amides is 1. The van der Waals surface area contributed by atoms with Crippen LogP contribution in [0.5, 0.6) is 17.2 Å². The second-order valence-electron chi connectivity index (χ2n) is 6.68. The Bertz CT molecular complexity index is 867. The van der Waals surface area contributed by atoms with E-state index in [1.165, 1.54) is 5.56 Å². The SMILES string of the molecule is Cc1ccc(OC(C)C(=O)N2CCc3cc4c(cc3C2)OCO4)c(Cl)c1. The normalized spacial score (nSPS) is 16.2. The number of ether oxygens (including phenoxy) is 3. The molecule has 0 aromatic heterocycles. The van der Waals surface area contributed by atoms with Gasteiger partial charge in [0.15, 0.2) is 17.6 Å². The summed E-state index contributed by atoms with van der Waals surface area (Å²) in [6.45, 7) is 5.17. The summed E-state index contributed by atoms with van der Waals surface area (Å²) in [6.07, 6.45) is 0.182. The van der Waals surface area contributed by atoms with Crippen LogP contribution in [0.15, 0.2) is 30.3 Å². The van der Waals surface area contributed by atoms with Gasteiger partial charge in [0.05, 0.1) is 5.02 Å². The smallest absolute Gasteiger partial charge is 0.263 e. The van der Waals surface area contributed by atoms with Gasteiger partial charge in [-0.05, 0) is 61.2 Å². The third-order valence-electron chi connectivity index (χ3n) is 4.76. The minimum Gasteiger partial charge on any atom is -0.479 e. The number of halogens is 1. The molecule has 0 saturated heterocycles. The standard InChI is InChI=1S/C20H20ClNO4/c1-12-3-4-17(16(21)7-12)26-13(2)20(23)22-6-5-14-8-18-19(25-11-24-18)9-15(14)10-22/h3-4,7-9,13H,5-6,10-11H2,1-2H3. The summed E-state index contributed by atoms with van der Waals surface area (Å²) in [4.78, 5) is 14.6. The Kier molecular flexibility index (Phi) is 4.41. The van der Waals surface area contributed by atoms with Crippen LogP contribution in [0.2, 0.25) is 5.02 Å². The number of carbonyl (C=O) groups excluding carboxylic acids is 1. The molecule has 1 amide bonds. The highest BCUT2D eigenvalue weighted by Crippen LogP contribution is 2.37. The minimum absolute atomic E-state index is 0.0510. The second kappa shape index (κ2) is 6.72. The molecule has 4 rings (SSSR count). The molecule has 0 aliphatic carbocycles. The van der Waals surface area contributed by atoms with Gasteiger partial charge < -0.3 is 19.1 Å². The maximum Gasteiger partial charge on any atom is 0.263 e.